The van der Waals surface area contributed by atoms with Crippen LogP contribution in [0, 0.1) is 0 Å². The van der Waals surface area contributed by atoms with E-state index in [2.05, 4.69) is 10.2 Å². The van der Waals surface area contributed by atoms with Crippen molar-refractivity contribution in [2.45, 2.75) is 43.6 Å². The standard InChI is InChI=1S/C18H26N2O4/c21-12-15-17(22)16(20-9-5-2-6-10-20)14(24-15)11-19-18(23)13-7-3-1-4-8-13/h1,3-4,7-8,14-17,21-22H,2,5-6,9-12H2,(H,19,23)/t14-,15-,16-,17+/m0/s1. The zero-order chi connectivity index (χ0) is 16.9. The third-order valence-corrected chi connectivity index (χ3v) is 4.95. The van der Waals surface area contributed by atoms with Gasteiger partial charge in [-0.2, -0.15) is 0 Å². The number of aliphatic hydroxyl groups is 2. The highest BCUT2D eigenvalue weighted by atomic mass is 16.5. The Hall–Kier alpha value is -1.47. The van der Waals surface area contributed by atoms with Crippen LogP contribution in [-0.4, -0.2) is 71.6 Å². The minimum absolute atomic E-state index is 0.154. The molecule has 2 fully saturated rings. The summed E-state index contributed by atoms with van der Waals surface area (Å²) in [6.45, 7) is 1.95. The molecule has 132 valence electrons. The molecule has 0 aromatic heterocycles. The van der Waals surface area contributed by atoms with E-state index in [1.807, 2.05) is 18.2 Å². The predicted molar refractivity (Wildman–Crippen MR) is 89.7 cm³/mol. The molecule has 6 heteroatoms. The minimum Gasteiger partial charge on any atom is -0.394 e. The second-order valence-corrected chi connectivity index (χ2v) is 6.55. The van der Waals surface area contributed by atoms with Crippen LogP contribution in [0.4, 0.5) is 0 Å². The van der Waals surface area contributed by atoms with Crippen LogP contribution in [0.15, 0.2) is 30.3 Å². The van der Waals surface area contributed by atoms with E-state index in [-0.39, 0.29) is 24.7 Å². The monoisotopic (exact) mass is 334 g/mol. The van der Waals surface area contributed by atoms with Crippen LogP contribution in [0.2, 0.25) is 0 Å². The maximum atomic E-state index is 12.2. The fourth-order valence-electron chi connectivity index (χ4n) is 3.70. The van der Waals surface area contributed by atoms with Crippen LogP contribution in [-0.2, 0) is 4.74 Å². The van der Waals surface area contributed by atoms with Gasteiger partial charge in [-0.1, -0.05) is 24.6 Å². The van der Waals surface area contributed by atoms with Crippen molar-refractivity contribution in [3.8, 4) is 0 Å². The summed E-state index contributed by atoms with van der Waals surface area (Å²) >= 11 is 0. The number of amides is 1. The van der Waals surface area contributed by atoms with Gasteiger partial charge in [0, 0.05) is 12.1 Å². The van der Waals surface area contributed by atoms with Crippen molar-refractivity contribution in [2.75, 3.05) is 26.2 Å². The van der Waals surface area contributed by atoms with Gasteiger partial charge in [-0.05, 0) is 38.1 Å². The number of aliphatic hydroxyl groups excluding tert-OH is 2. The second kappa shape index (κ2) is 8.07. The van der Waals surface area contributed by atoms with Crippen LogP contribution in [0.25, 0.3) is 0 Å². The smallest absolute Gasteiger partial charge is 0.251 e. The number of piperidine rings is 1. The normalized spacial score (nSPS) is 31.1. The van der Waals surface area contributed by atoms with Crippen LogP contribution in [0.5, 0.6) is 0 Å². The van der Waals surface area contributed by atoms with Gasteiger partial charge in [0.25, 0.3) is 5.91 Å². The highest BCUT2D eigenvalue weighted by Gasteiger charge is 2.46. The van der Waals surface area contributed by atoms with Crippen molar-refractivity contribution in [1.29, 1.82) is 0 Å². The Labute approximate surface area is 142 Å². The second-order valence-electron chi connectivity index (χ2n) is 6.55. The molecule has 0 radical (unpaired) electrons. The highest BCUT2D eigenvalue weighted by molar-refractivity contribution is 5.94. The molecular formula is C18H26N2O4. The molecule has 3 N–H and O–H groups in total. The Kier molecular flexibility index (Phi) is 5.84. The Morgan fingerprint density at radius 3 is 2.54 bits per heavy atom. The minimum atomic E-state index is -0.730. The van der Waals surface area contributed by atoms with Crippen LogP contribution >= 0.6 is 0 Å². The van der Waals surface area contributed by atoms with Gasteiger partial charge in [-0.15, -0.1) is 0 Å². The van der Waals surface area contributed by atoms with Crippen molar-refractivity contribution in [2.24, 2.45) is 0 Å². The number of likely N-dealkylation sites (tertiary alicyclic amines) is 1. The molecule has 2 aliphatic rings. The van der Waals surface area contributed by atoms with Gasteiger partial charge < -0.3 is 20.3 Å². The Bertz CT molecular complexity index is 533. The molecule has 0 aliphatic carbocycles. The van der Waals surface area contributed by atoms with E-state index in [0.29, 0.717) is 12.1 Å². The van der Waals surface area contributed by atoms with Crippen molar-refractivity contribution in [3.63, 3.8) is 0 Å². The molecule has 24 heavy (non-hydrogen) atoms. The largest absolute Gasteiger partial charge is 0.394 e. The first-order chi connectivity index (χ1) is 11.7. The fourth-order valence-corrected chi connectivity index (χ4v) is 3.70. The third kappa shape index (κ3) is 3.78. The number of carbonyl (C=O) groups is 1. The molecule has 1 aromatic rings. The molecule has 4 atom stereocenters. The van der Waals surface area contributed by atoms with E-state index in [4.69, 9.17) is 4.74 Å². The SMILES string of the molecule is O=C(NC[C@@H]1O[C@@H](CO)[C@@H](O)[C@H]1N1CCCCC1)c1ccccc1. The molecule has 0 unspecified atom stereocenters. The molecule has 0 saturated carbocycles. The topological polar surface area (TPSA) is 82.0 Å². The van der Waals surface area contributed by atoms with Gasteiger partial charge in [-0.3, -0.25) is 9.69 Å². The van der Waals surface area contributed by atoms with Crippen LogP contribution < -0.4 is 5.32 Å². The molecule has 3 rings (SSSR count). The summed E-state index contributed by atoms with van der Waals surface area (Å²) in [7, 11) is 0. The molecule has 1 aromatic carbocycles. The van der Waals surface area contributed by atoms with Gasteiger partial charge in [0.05, 0.1) is 18.8 Å². The average molecular weight is 334 g/mol. The number of hydrogen-bond acceptors (Lipinski definition) is 5. The Morgan fingerprint density at radius 2 is 1.88 bits per heavy atom. The summed E-state index contributed by atoms with van der Waals surface area (Å²) < 4.78 is 5.82. The maximum absolute atomic E-state index is 12.2. The van der Waals surface area contributed by atoms with Crippen LogP contribution in [0.1, 0.15) is 29.6 Å². The van der Waals surface area contributed by atoms with E-state index < -0.39 is 12.2 Å². The van der Waals surface area contributed by atoms with E-state index in [1.54, 1.807) is 12.1 Å². The van der Waals surface area contributed by atoms with Crippen molar-refractivity contribution < 1.29 is 19.7 Å². The molecule has 6 nitrogen and oxygen atoms in total. The summed E-state index contributed by atoms with van der Waals surface area (Å²) in [6, 6.07) is 8.85. The summed E-state index contributed by atoms with van der Waals surface area (Å²) in [5, 5.41) is 22.8. The van der Waals surface area contributed by atoms with Gasteiger partial charge >= 0.3 is 0 Å². The number of ether oxygens (including phenoxy) is 1. The molecular weight excluding hydrogens is 308 g/mol. The molecule has 0 bridgehead atoms. The zero-order valence-electron chi connectivity index (χ0n) is 13.8. The lowest BCUT2D eigenvalue weighted by Crippen LogP contribution is -2.52. The predicted octanol–water partition coefficient (Wildman–Crippen LogP) is 0.392. The highest BCUT2D eigenvalue weighted by Crippen LogP contribution is 2.28. The van der Waals surface area contributed by atoms with Crippen molar-refractivity contribution in [1.82, 2.24) is 10.2 Å². The summed E-state index contributed by atoms with van der Waals surface area (Å²) in [6.07, 6.45) is 1.79. The van der Waals surface area contributed by atoms with E-state index in [0.717, 1.165) is 25.9 Å². The number of benzene rings is 1. The first-order valence-corrected chi connectivity index (χ1v) is 8.72. The molecule has 1 amide bonds. The number of carbonyl (C=O) groups excluding carboxylic acids is 1. The first kappa shape index (κ1) is 17.4. The van der Waals surface area contributed by atoms with E-state index >= 15 is 0 Å². The summed E-state index contributed by atoms with van der Waals surface area (Å²) in [4.78, 5) is 14.5. The lowest BCUT2D eigenvalue weighted by Gasteiger charge is -2.36. The number of rotatable bonds is 5. The average Bonchev–Trinajstić information content (AvgIpc) is 2.96. The van der Waals surface area contributed by atoms with Crippen LogP contribution in [0.3, 0.4) is 0 Å². The Balaban J connectivity index is 1.64. The molecule has 2 aliphatic heterocycles. The number of hydrogen-bond donors (Lipinski definition) is 3. The fraction of sp³-hybridized carbons (Fsp3) is 0.611. The molecule has 2 saturated heterocycles. The van der Waals surface area contributed by atoms with Gasteiger partial charge in [0.2, 0.25) is 0 Å². The molecule has 2 heterocycles. The number of nitrogens with one attached hydrogen (secondary N) is 1. The van der Waals surface area contributed by atoms with Crippen molar-refractivity contribution >= 4 is 5.91 Å². The summed E-state index contributed by atoms with van der Waals surface area (Å²) in [5.41, 5.74) is 0.601. The first-order valence-electron chi connectivity index (χ1n) is 8.72. The van der Waals surface area contributed by atoms with Gasteiger partial charge in [-0.25, -0.2) is 0 Å². The third-order valence-electron chi connectivity index (χ3n) is 4.95. The van der Waals surface area contributed by atoms with Gasteiger partial charge in [0.15, 0.2) is 0 Å². The zero-order valence-corrected chi connectivity index (χ0v) is 13.8. The quantitative estimate of drug-likeness (QED) is 0.726. The van der Waals surface area contributed by atoms with E-state index in [9.17, 15) is 15.0 Å². The van der Waals surface area contributed by atoms with Crippen molar-refractivity contribution in [3.05, 3.63) is 35.9 Å². The number of nitrogens with zero attached hydrogens (tertiary/aromatic N) is 1. The Morgan fingerprint density at radius 1 is 1.17 bits per heavy atom. The maximum Gasteiger partial charge on any atom is 0.251 e. The lowest BCUT2D eigenvalue weighted by atomic mass is 9.99. The van der Waals surface area contributed by atoms with Gasteiger partial charge in [0.1, 0.15) is 12.2 Å². The van der Waals surface area contributed by atoms with E-state index in [1.165, 1.54) is 6.42 Å². The summed E-state index contributed by atoms with van der Waals surface area (Å²) in [5.74, 6) is -0.154. The lowest BCUT2D eigenvalue weighted by molar-refractivity contribution is -0.0209. The molecule has 0 spiro atoms.